The Hall–Kier alpha value is -1.66. The second-order valence-corrected chi connectivity index (χ2v) is 6.25. The van der Waals surface area contributed by atoms with Gasteiger partial charge in [0.25, 0.3) is 0 Å². The number of thiophene rings is 1. The Morgan fingerprint density at radius 3 is 2.86 bits per heavy atom. The third-order valence-electron chi connectivity index (χ3n) is 3.15. The number of ether oxygens (including phenoxy) is 1. The van der Waals surface area contributed by atoms with E-state index in [4.69, 9.17) is 17.0 Å². The van der Waals surface area contributed by atoms with Crippen LogP contribution in [-0.2, 0) is 4.74 Å². The first-order valence-corrected chi connectivity index (χ1v) is 7.95. The van der Waals surface area contributed by atoms with E-state index in [0.29, 0.717) is 16.0 Å². The number of hydrogen-bond donors (Lipinski definition) is 2. The molecule has 1 heterocycles. The van der Waals surface area contributed by atoms with Crippen LogP contribution in [0.2, 0.25) is 0 Å². The monoisotopic (exact) mass is 322 g/mol. The number of benzene rings is 1. The Balaban J connectivity index is 2.15. The van der Waals surface area contributed by atoms with E-state index in [1.807, 2.05) is 24.3 Å². The van der Waals surface area contributed by atoms with Crippen molar-refractivity contribution in [2.24, 2.45) is 0 Å². The van der Waals surface area contributed by atoms with E-state index in [0.717, 1.165) is 22.2 Å². The van der Waals surface area contributed by atoms with Crippen molar-refractivity contribution in [2.45, 2.75) is 26.3 Å². The van der Waals surface area contributed by atoms with Crippen LogP contribution in [0, 0.1) is 0 Å². The van der Waals surface area contributed by atoms with Crippen molar-refractivity contribution in [1.29, 1.82) is 0 Å². The number of carbonyl (C=O) groups excluding carboxylic acids is 1. The zero-order chi connectivity index (χ0) is 15.4. The molecule has 0 aliphatic carbocycles. The Morgan fingerprint density at radius 2 is 2.19 bits per heavy atom. The molecule has 4 nitrogen and oxygen atoms in total. The van der Waals surface area contributed by atoms with Gasteiger partial charge in [0.2, 0.25) is 0 Å². The van der Waals surface area contributed by atoms with Crippen LogP contribution in [0.3, 0.4) is 0 Å². The smallest absolute Gasteiger partial charge is 0.348 e. The molecule has 0 amide bonds. The number of esters is 1. The fourth-order valence-corrected chi connectivity index (χ4v) is 3.10. The van der Waals surface area contributed by atoms with Crippen molar-refractivity contribution in [3.63, 3.8) is 0 Å². The van der Waals surface area contributed by atoms with Crippen LogP contribution in [0.15, 0.2) is 24.3 Å². The molecule has 0 bridgehead atoms. The fraction of sp³-hybridized carbons (Fsp3) is 0.333. The van der Waals surface area contributed by atoms with Crippen LogP contribution in [0.25, 0.3) is 10.1 Å². The van der Waals surface area contributed by atoms with Crippen molar-refractivity contribution >= 4 is 50.4 Å². The molecule has 0 saturated carbocycles. The molecule has 6 heteroatoms. The van der Waals surface area contributed by atoms with E-state index >= 15 is 0 Å². The molecule has 0 spiro atoms. The van der Waals surface area contributed by atoms with Gasteiger partial charge in [-0.1, -0.05) is 6.92 Å². The van der Waals surface area contributed by atoms with Crippen LogP contribution < -0.4 is 10.6 Å². The number of thiocarbonyl (C=S) groups is 1. The van der Waals surface area contributed by atoms with Gasteiger partial charge in [0.05, 0.1) is 7.11 Å². The molecule has 0 unspecified atom stereocenters. The molecule has 112 valence electrons. The van der Waals surface area contributed by atoms with Gasteiger partial charge in [-0.3, -0.25) is 0 Å². The second kappa shape index (κ2) is 6.87. The van der Waals surface area contributed by atoms with E-state index in [1.54, 1.807) is 0 Å². The summed E-state index contributed by atoms with van der Waals surface area (Å²) in [5.74, 6) is -0.306. The minimum Gasteiger partial charge on any atom is -0.465 e. The maximum absolute atomic E-state index is 11.5. The van der Waals surface area contributed by atoms with E-state index in [1.165, 1.54) is 18.4 Å². The van der Waals surface area contributed by atoms with Gasteiger partial charge in [-0.05, 0) is 55.2 Å². The Morgan fingerprint density at radius 1 is 1.43 bits per heavy atom. The number of nitrogens with one attached hydrogen (secondary N) is 2. The molecule has 0 fully saturated rings. The van der Waals surface area contributed by atoms with Gasteiger partial charge < -0.3 is 15.4 Å². The largest absolute Gasteiger partial charge is 0.465 e. The summed E-state index contributed by atoms with van der Waals surface area (Å²) in [7, 11) is 1.39. The number of fused-ring (bicyclic) bond motifs is 1. The molecule has 21 heavy (non-hydrogen) atoms. The summed E-state index contributed by atoms with van der Waals surface area (Å²) in [6.45, 7) is 4.19. The van der Waals surface area contributed by atoms with Crippen molar-refractivity contribution in [3.8, 4) is 0 Å². The van der Waals surface area contributed by atoms with E-state index < -0.39 is 0 Å². The van der Waals surface area contributed by atoms with Gasteiger partial charge in [0, 0.05) is 16.4 Å². The highest BCUT2D eigenvalue weighted by Crippen LogP contribution is 2.28. The Bertz CT molecular complexity index is 667. The first kappa shape index (κ1) is 15.7. The molecule has 1 aromatic carbocycles. The summed E-state index contributed by atoms with van der Waals surface area (Å²) in [4.78, 5) is 12.1. The third kappa shape index (κ3) is 3.92. The maximum Gasteiger partial charge on any atom is 0.348 e. The predicted octanol–water partition coefficient (Wildman–Crippen LogP) is 3.77. The van der Waals surface area contributed by atoms with Crippen LogP contribution in [-0.4, -0.2) is 24.2 Å². The fourth-order valence-electron chi connectivity index (χ4n) is 1.82. The van der Waals surface area contributed by atoms with Crippen molar-refractivity contribution < 1.29 is 9.53 Å². The van der Waals surface area contributed by atoms with Gasteiger partial charge in [-0.2, -0.15) is 0 Å². The highest BCUT2D eigenvalue weighted by molar-refractivity contribution is 7.80. The summed E-state index contributed by atoms with van der Waals surface area (Å²) in [5.41, 5.74) is 0.900. The van der Waals surface area contributed by atoms with Gasteiger partial charge in [-0.25, -0.2) is 4.79 Å². The minimum atomic E-state index is -0.306. The average molecular weight is 322 g/mol. The Kier molecular flexibility index (Phi) is 5.14. The SMILES string of the molecule is CC[C@@H](C)NC(=S)Nc1ccc2sc(C(=O)OC)cc2c1. The van der Waals surface area contributed by atoms with Crippen LogP contribution in [0.5, 0.6) is 0 Å². The lowest BCUT2D eigenvalue weighted by molar-refractivity contribution is 0.0606. The van der Waals surface area contributed by atoms with Crippen LogP contribution in [0.1, 0.15) is 29.9 Å². The highest BCUT2D eigenvalue weighted by Gasteiger charge is 2.11. The minimum absolute atomic E-state index is 0.306. The second-order valence-electron chi connectivity index (χ2n) is 4.76. The van der Waals surface area contributed by atoms with Crippen molar-refractivity contribution in [1.82, 2.24) is 5.32 Å². The zero-order valence-corrected chi connectivity index (χ0v) is 13.9. The molecule has 2 N–H and O–H groups in total. The van der Waals surface area contributed by atoms with Crippen LogP contribution >= 0.6 is 23.6 Å². The van der Waals surface area contributed by atoms with Crippen molar-refractivity contribution in [3.05, 3.63) is 29.1 Å². The molecular formula is C15H18N2O2S2. The molecule has 0 radical (unpaired) electrons. The van der Waals surface area contributed by atoms with Gasteiger partial charge in [0.1, 0.15) is 4.88 Å². The quantitative estimate of drug-likeness (QED) is 0.663. The van der Waals surface area contributed by atoms with Crippen LogP contribution in [0.4, 0.5) is 5.69 Å². The molecule has 1 atom stereocenters. The molecule has 0 aliphatic heterocycles. The lowest BCUT2D eigenvalue weighted by Crippen LogP contribution is -2.35. The number of methoxy groups -OCH3 is 1. The first-order valence-electron chi connectivity index (χ1n) is 6.73. The van der Waals surface area contributed by atoms with E-state index in [9.17, 15) is 4.79 Å². The summed E-state index contributed by atoms with van der Waals surface area (Å²) in [6, 6.07) is 8.07. The predicted molar refractivity (Wildman–Crippen MR) is 92.3 cm³/mol. The molecule has 1 aromatic heterocycles. The van der Waals surface area contributed by atoms with Gasteiger partial charge in [-0.15, -0.1) is 11.3 Å². The third-order valence-corrected chi connectivity index (χ3v) is 4.47. The molecule has 2 aromatic rings. The lowest BCUT2D eigenvalue weighted by Gasteiger charge is -2.15. The molecule has 0 aliphatic rings. The number of rotatable bonds is 4. The van der Waals surface area contributed by atoms with E-state index in [-0.39, 0.29) is 5.97 Å². The summed E-state index contributed by atoms with van der Waals surface area (Å²) < 4.78 is 5.79. The van der Waals surface area contributed by atoms with Gasteiger partial charge in [0.15, 0.2) is 5.11 Å². The number of carbonyl (C=O) groups is 1. The summed E-state index contributed by atoms with van der Waals surface area (Å²) in [6.07, 6.45) is 1.01. The summed E-state index contributed by atoms with van der Waals surface area (Å²) >= 11 is 6.69. The highest BCUT2D eigenvalue weighted by atomic mass is 32.1. The van der Waals surface area contributed by atoms with E-state index in [2.05, 4.69) is 24.5 Å². The molecule has 0 saturated heterocycles. The average Bonchev–Trinajstić information content (AvgIpc) is 2.89. The Labute approximate surface area is 133 Å². The standard InChI is InChI=1S/C15H18N2O2S2/c1-4-9(2)16-15(20)17-11-5-6-12-10(7-11)8-13(21-12)14(18)19-3/h5-9H,4H2,1-3H3,(H2,16,17,20)/t9-/m1/s1. The molecule has 2 rings (SSSR count). The first-order chi connectivity index (χ1) is 10.0. The topological polar surface area (TPSA) is 50.4 Å². The lowest BCUT2D eigenvalue weighted by atomic mass is 10.2. The maximum atomic E-state index is 11.5. The number of hydrogen-bond acceptors (Lipinski definition) is 4. The van der Waals surface area contributed by atoms with Crippen molar-refractivity contribution in [2.75, 3.05) is 12.4 Å². The normalized spacial score (nSPS) is 12.0. The number of anilines is 1. The summed E-state index contributed by atoms with van der Waals surface area (Å²) in [5, 5.41) is 7.97. The zero-order valence-electron chi connectivity index (χ0n) is 12.2. The van der Waals surface area contributed by atoms with Gasteiger partial charge >= 0.3 is 5.97 Å². The molecular weight excluding hydrogens is 304 g/mol.